The van der Waals surface area contributed by atoms with Gasteiger partial charge in [0.25, 0.3) is 0 Å². The van der Waals surface area contributed by atoms with Crippen LogP contribution >= 0.6 is 0 Å². The van der Waals surface area contributed by atoms with Gasteiger partial charge in [0.1, 0.15) is 0 Å². The molecule has 1 amide bonds. The summed E-state index contributed by atoms with van der Waals surface area (Å²) in [6.45, 7) is 4.29. The number of aliphatic hydroxyl groups excluding tert-OH is 2. The SMILES string of the molecule is CCCCCCC/C=C\C/C=C\CCCCCCCCCCCCCCCC(=O)NC(CO)C(O)/C=C/CC/C=C/CC/C=C/CCCCCCCCCCCC. The Labute approximate surface area is 356 Å². The van der Waals surface area contributed by atoms with Crippen molar-refractivity contribution < 1.29 is 15.0 Å². The zero-order valence-electron chi connectivity index (χ0n) is 38.1. The van der Waals surface area contributed by atoms with Crippen molar-refractivity contribution in [1.29, 1.82) is 0 Å². The van der Waals surface area contributed by atoms with Gasteiger partial charge in [-0.1, -0.05) is 229 Å². The summed E-state index contributed by atoms with van der Waals surface area (Å²) in [5.74, 6) is -0.0787. The van der Waals surface area contributed by atoms with Gasteiger partial charge in [0, 0.05) is 6.42 Å². The first-order valence-electron chi connectivity index (χ1n) is 25.0. The van der Waals surface area contributed by atoms with E-state index in [1.807, 2.05) is 6.08 Å². The molecular formula is C53H97NO3. The van der Waals surface area contributed by atoms with Gasteiger partial charge in [0.2, 0.25) is 5.91 Å². The van der Waals surface area contributed by atoms with Gasteiger partial charge in [-0.25, -0.2) is 0 Å². The van der Waals surface area contributed by atoms with Crippen LogP contribution < -0.4 is 5.32 Å². The minimum atomic E-state index is -0.872. The fourth-order valence-electron chi connectivity index (χ4n) is 7.36. The van der Waals surface area contributed by atoms with Gasteiger partial charge >= 0.3 is 0 Å². The molecule has 0 aromatic heterocycles. The molecule has 0 radical (unpaired) electrons. The molecule has 0 rings (SSSR count). The van der Waals surface area contributed by atoms with Gasteiger partial charge in [0.15, 0.2) is 0 Å². The van der Waals surface area contributed by atoms with Crippen LogP contribution in [0.25, 0.3) is 0 Å². The number of carbonyl (C=O) groups excluding carboxylic acids is 1. The monoisotopic (exact) mass is 796 g/mol. The first kappa shape index (κ1) is 55.1. The summed E-state index contributed by atoms with van der Waals surface area (Å²) in [5.41, 5.74) is 0. The Morgan fingerprint density at radius 2 is 0.737 bits per heavy atom. The summed E-state index contributed by atoms with van der Waals surface area (Å²) in [6.07, 6.45) is 67.8. The average Bonchev–Trinajstić information content (AvgIpc) is 3.22. The van der Waals surface area contributed by atoms with Crippen molar-refractivity contribution in [2.75, 3.05) is 6.61 Å². The highest BCUT2D eigenvalue weighted by Crippen LogP contribution is 2.15. The fraction of sp³-hybridized carbons (Fsp3) is 0.792. The molecular weight excluding hydrogens is 699 g/mol. The number of hydrogen-bond donors (Lipinski definition) is 3. The zero-order chi connectivity index (χ0) is 41.4. The Hall–Kier alpha value is -1.91. The molecule has 0 aromatic carbocycles. The number of aliphatic hydroxyl groups is 2. The molecule has 0 saturated heterocycles. The molecule has 4 heteroatoms. The Morgan fingerprint density at radius 1 is 0.421 bits per heavy atom. The zero-order valence-corrected chi connectivity index (χ0v) is 38.1. The number of allylic oxidation sites excluding steroid dienone is 9. The molecule has 0 spiro atoms. The number of unbranched alkanes of at least 4 members (excludes halogenated alkanes) is 30. The third-order valence-electron chi connectivity index (χ3n) is 11.2. The maximum absolute atomic E-state index is 12.4. The largest absolute Gasteiger partial charge is 0.394 e. The number of nitrogens with one attached hydrogen (secondary N) is 1. The molecule has 4 nitrogen and oxygen atoms in total. The smallest absolute Gasteiger partial charge is 0.220 e. The average molecular weight is 796 g/mol. The lowest BCUT2D eigenvalue weighted by Crippen LogP contribution is -2.45. The summed E-state index contributed by atoms with van der Waals surface area (Å²) < 4.78 is 0. The highest BCUT2D eigenvalue weighted by atomic mass is 16.3. The van der Waals surface area contributed by atoms with Crippen LogP contribution in [0.4, 0.5) is 0 Å². The normalized spacial score (nSPS) is 13.4. The maximum atomic E-state index is 12.4. The quantitative estimate of drug-likeness (QED) is 0.0425. The van der Waals surface area contributed by atoms with Crippen molar-refractivity contribution in [3.63, 3.8) is 0 Å². The van der Waals surface area contributed by atoms with Crippen molar-refractivity contribution in [2.24, 2.45) is 0 Å². The summed E-state index contributed by atoms with van der Waals surface area (Å²) in [4.78, 5) is 12.4. The molecule has 2 atom stereocenters. The minimum absolute atomic E-state index is 0.0787. The highest BCUT2D eigenvalue weighted by molar-refractivity contribution is 5.76. The Bertz CT molecular complexity index is 950. The second-order valence-corrected chi connectivity index (χ2v) is 16.9. The summed E-state index contributed by atoms with van der Waals surface area (Å²) >= 11 is 0. The fourth-order valence-corrected chi connectivity index (χ4v) is 7.36. The molecule has 0 saturated carbocycles. The van der Waals surface area contributed by atoms with Crippen molar-refractivity contribution >= 4 is 5.91 Å². The molecule has 0 aliphatic rings. The van der Waals surface area contributed by atoms with Crippen LogP contribution in [0.3, 0.4) is 0 Å². The van der Waals surface area contributed by atoms with E-state index in [-0.39, 0.29) is 12.5 Å². The molecule has 332 valence electrons. The van der Waals surface area contributed by atoms with Gasteiger partial charge in [-0.05, 0) is 77.0 Å². The van der Waals surface area contributed by atoms with Crippen LogP contribution in [-0.2, 0) is 4.79 Å². The van der Waals surface area contributed by atoms with E-state index < -0.39 is 12.1 Å². The summed E-state index contributed by atoms with van der Waals surface area (Å²) in [6, 6.07) is -0.648. The van der Waals surface area contributed by atoms with Crippen LogP contribution in [0.2, 0.25) is 0 Å². The van der Waals surface area contributed by atoms with Gasteiger partial charge in [-0.15, -0.1) is 0 Å². The predicted octanol–water partition coefficient (Wildman–Crippen LogP) is 16.1. The van der Waals surface area contributed by atoms with Crippen LogP contribution in [0, 0.1) is 0 Å². The molecule has 0 aliphatic heterocycles. The van der Waals surface area contributed by atoms with Gasteiger partial charge in [0.05, 0.1) is 18.8 Å². The van der Waals surface area contributed by atoms with E-state index >= 15 is 0 Å². The Balaban J connectivity index is 3.59. The predicted molar refractivity (Wildman–Crippen MR) is 253 cm³/mol. The van der Waals surface area contributed by atoms with Gasteiger partial charge < -0.3 is 15.5 Å². The highest BCUT2D eigenvalue weighted by Gasteiger charge is 2.17. The van der Waals surface area contributed by atoms with E-state index in [1.165, 1.54) is 186 Å². The molecule has 0 aliphatic carbocycles. The maximum Gasteiger partial charge on any atom is 0.220 e. The molecule has 0 aromatic rings. The third kappa shape index (κ3) is 45.0. The van der Waals surface area contributed by atoms with Crippen molar-refractivity contribution in [2.45, 2.75) is 264 Å². The van der Waals surface area contributed by atoms with Gasteiger partial charge in [-0.3, -0.25) is 4.79 Å². The summed E-state index contributed by atoms with van der Waals surface area (Å²) in [5, 5.41) is 23.1. The molecule has 3 N–H and O–H groups in total. The van der Waals surface area contributed by atoms with Crippen molar-refractivity contribution in [1.82, 2.24) is 5.32 Å². The molecule has 2 unspecified atom stereocenters. The van der Waals surface area contributed by atoms with Crippen LogP contribution in [0.5, 0.6) is 0 Å². The number of rotatable bonds is 45. The van der Waals surface area contributed by atoms with Crippen LogP contribution in [0.1, 0.15) is 251 Å². The first-order chi connectivity index (χ1) is 28.2. The third-order valence-corrected chi connectivity index (χ3v) is 11.2. The van der Waals surface area contributed by atoms with Gasteiger partial charge in [-0.2, -0.15) is 0 Å². The molecule has 0 fully saturated rings. The molecule has 57 heavy (non-hydrogen) atoms. The second-order valence-electron chi connectivity index (χ2n) is 16.9. The standard InChI is InChI=1S/C53H97NO3/c1-3-5-7-9-11-13-15-17-19-21-23-25-26-27-28-29-31-33-35-37-39-41-43-45-47-49-53(57)54-51(50-55)52(56)48-46-44-42-40-38-36-34-32-30-24-22-20-18-16-14-12-10-8-6-4-2/h15,17,21,23,30,32,38,40,46,48,51-52,55-56H,3-14,16,18-20,22,24-29,31,33-37,39,41-45,47,49-50H2,1-2H3,(H,54,57)/b17-15-,23-21-,32-30+,40-38+,48-46+. The van der Waals surface area contributed by atoms with E-state index in [1.54, 1.807) is 6.08 Å². The van der Waals surface area contributed by atoms with E-state index in [9.17, 15) is 15.0 Å². The van der Waals surface area contributed by atoms with E-state index in [0.717, 1.165) is 44.9 Å². The van der Waals surface area contributed by atoms with Crippen molar-refractivity contribution in [3.05, 3.63) is 60.8 Å². The molecule has 0 bridgehead atoms. The lowest BCUT2D eigenvalue weighted by atomic mass is 10.0. The molecule has 0 heterocycles. The second kappa shape index (κ2) is 48.5. The van der Waals surface area contributed by atoms with E-state index in [2.05, 4.69) is 67.8 Å². The summed E-state index contributed by atoms with van der Waals surface area (Å²) in [7, 11) is 0. The topological polar surface area (TPSA) is 69.6 Å². The Kier molecular flexibility index (Phi) is 46.8. The first-order valence-corrected chi connectivity index (χ1v) is 25.0. The minimum Gasteiger partial charge on any atom is -0.394 e. The number of hydrogen-bond acceptors (Lipinski definition) is 3. The Morgan fingerprint density at radius 3 is 1.12 bits per heavy atom. The van der Waals surface area contributed by atoms with Crippen LogP contribution in [-0.4, -0.2) is 34.9 Å². The van der Waals surface area contributed by atoms with Crippen LogP contribution in [0.15, 0.2) is 60.8 Å². The lowest BCUT2D eigenvalue weighted by molar-refractivity contribution is -0.123. The van der Waals surface area contributed by atoms with Crippen molar-refractivity contribution in [3.8, 4) is 0 Å². The van der Waals surface area contributed by atoms with E-state index in [4.69, 9.17) is 0 Å². The lowest BCUT2D eigenvalue weighted by Gasteiger charge is -2.19. The number of carbonyl (C=O) groups is 1. The number of amides is 1. The van der Waals surface area contributed by atoms with E-state index in [0.29, 0.717) is 6.42 Å².